The summed E-state index contributed by atoms with van der Waals surface area (Å²) in [6.45, 7) is 4.58. The van der Waals surface area contributed by atoms with Crippen LogP contribution in [0.2, 0.25) is 0 Å². The number of carbonyl (C=O) groups is 2. The number of hydrogen-bond donors (Lipinski definition) is 2. The second-order valence-corrected chi connectivity index (χ2v) is 4.44. The lowest BCUT2D eigenvalue weighted by atomic mass is 10.2. The van der Waals surface area contributed by atoms with E-state index in [2.05, 4.69) is 10.6 Å². The Labute approximate surface area is 119 Å². The van der Waals surface area contributed by atoms with Gasteiger partial charge in [-0.3, -0.25) is 9.59 Å². The second kappa shape index (κ2) is 9.09. The van der Waals surface area contributed by atoms with Gasteiger partial charge in [-0.25, -0.2) is 0 Å². The molecule has 0 aliphatic carbocycles. The number of hydrogen-bond acceptors (Lipinski definition) is 4. The zero-order valence-electron chi connectivity index (χ0n) is 12.0. The lowest BCUT2D eigenvalue weighted by Gasteiger charge is -2.13. The fourth-order valence-corrected chi connectivity index (χ4v) is 1.65. The van der Waals surface area contributed by atoms with Gasteiger partial charge in [-0.1, -0.05) is 18.2 Å². The van der Waals surface area contributed by atoms with Gasteiger partial charge in [0.25, 0.3) is 0 Å². The number of ether oxygens (including phenoxy) is 1. The Morgan fingerprint density at radius 2 is 1.95 bits per heavy atom. The minimum Gasteiger partial charge on any atom is -0.466 e. The first-order valence-electron chi connectivity index (χ1n) is 6.88. The standard InChI is InChI=1S/C15H22N2O3/c1-3-20-14(18)10-7-11-16-12(2)15(19)17-13-8-5-4-6-9-13/h4-6,8-9,12,16H,3,7,10-11H2,1-2H3,(H,17,19). The molecule has 5 nitrogen and oxygen atoms in total. The third-order valence-corrected chi connectivity index (χ3v) is 2.75. The highest BCUT2D eigenvalue weighted by atomic mass is 16.5. The van der Waals surface area contributed by atoms with Crippen molar-refractivity contribution >= 4 is 17.6 Å². The summed E-state index contributed by atoms with van der Waals surface area (Å²) in [5, 5.41) is 5.90. The van der Waals surface area contributed by atoms with Crippen molar-refractivity contribution in [3.63, 3.8) is 0 Å². The van der Waals surface area contributed by atoms with Gasteiger partial charge in [0.05, 0.1) is 12.6 Å². The molecule has 0 bridgehead atoms. The normalized spacial score (nSPS) is 11.7. The van der Waals surface area contributed by atoms with Gasteiger partial charge < -0.3 is 15.4 Å². The maximum absolute atomic E-state index is 11.9. The molecular weight excluding hydrogens is 256 g/mol. The molecule has 0 heterocycles. The molecule has 1 rings (SSSR count). The molecule has 5 heteroatoms. The SMILES string of the molecule is CCOC(=O)CCCNC(C)C(=O)Nc1ccccc1. The maximum Gasteiger partial charge on any atom is 0.305 e. The van der Waals surface area contributed by atoms with Crippen molar-refractivity contribution in [3.05, 3.63) is 30.3 Å². The second-order valence-electron chi connectivity index (χ2n) is 4.44. The van der Waals surface area contributed by atoms with Gasteiger partial charge >= 0.3 is 5.97 Å². The molecule has 1 amide bonds. The highest BCUT2D eigenvalue weighted by molar-refractivity contribution is 5.94. The summed E-state index contributed by atoms with van der Waals surface area (Å²) in [5.41, 5.74) is 0.776. The minimum atomic E-state index is -0.308. The molecule has 0 saturated carbocycles. The fourth-order valence-electron chi connectivity index (χ4n) is 1.65. The Morgan fingerprint density at radius 3 is 2.60 bits per heavy atom. The van der Waals surface area contributed by atoms with E-state index in [9.17, 15) is 9.59 Å². The molecule has 1 unspecified atom stereocenters. The third-order valence-electron chi connectivity index (χ3n) is 2.75. The van der Waals surface area contributed by atoms with Crippen LogP contribution in [0.25, 0.3) is 0 Å². The smallest absolute Gasteiger partial charge is 0.305 e. The van der Waals surface area contributed by atoms with Gasteiger partial charge in [0.15, 0.2) is 0 Å². The van der Waals surface area contributed by atoms with E-state index >= 15 is 0 Å². The molecule has 0 aliphatic heterocycles. The van der Waals surface area contributed by atoms with Crippen molar-refractivity contribution in [1.82, 2.24) is 5.32 Å². The number of benzene rings is 1. The number of para-hydroxylation sites is 1. The highest BCUT2D eigenvalue weighted by Crippen LogP contribution is 2.05. The van der Waals surface area contributed by atoms with E-state index in [0.29, 0.717) is 26.0 Å². The number of amides is 1. The summed E-state index contributed by atoms with van der Waals surface area (Å²) in [5.74, 6) is -0.289. The first kappa shape index (κ1) is 16.2. The van der Waals surface area contributed by atoms with Crippen molar-refractivity contribution in [1.29, 1.82) is 0 Å². The summed E-state index contributed by atoms with van der Waals surface area (Å²) >= 11 is 0. The van der Waals surface area contributed by atoms with Crippen LogP contribution in [-0.4, -0.2) is 31.1 Å². The van der Waals surface area contributed by atoms with E-state index in [1.807, 2.05) is 30.3 Å². The van der Waals surface area contributed by atoms with Crippen molar-refractivity contribution in [2.75, 3.05) is 18.5 Å². The van der Waals surface area contributed by atoms with Crippen molar-refractivity contribution in [2.24, 2.45) is 0 Å². The van der Waals surface area contributed by atoms with E-state index in [-0.39, 0.29) is 17.9 Å². The minimum absolute atomic E-state index is 0.0904. The highest BCUT2D eigenvalue weighted by Gasteiger charge is 2.12. The van der Waals surface area contributed by atoms with Crippen molar-refractivity contribution in [3.8, 4) is 0 Å². The average Bonchev–Trinajstić information content (AvgIpc) is 2.44. The molecule has 0 radical (unpaired) electrons. The molecular formula is C15H22N2O3. The Hall–Kier alpha value is -1.88. The summed E-state index contributed by atoms with van der Waals surface area (Å²) in [6, 6.07) is 9.00. The van der Waals surface area contributed by atoms with Crippen LogP contribution in [0.4, 0.5) is 5.69 Å². The van der Waals surface area contributed by atoms with Crippen LogP contribution < -0.4 is 10.6 Å². The van der Waals surface area contributed by atoms with Crippen molar-refractivity contribution < 1.29 is 14.3 Å². The summed E-state index contributed by atoms with van der Waals surface area (Å²) in [4.78, 5) is 23.0. The fraction of sp³-hybridized carbons (Fsp3) is 0.467. The van der Waals surface area contributed by atoms with Crippen LogP contribution in [0, 0.1) is 0 Å². The van der Waals surface area contributed by atoms with E-state index in [1.54, 1.807) is 13.8 Å². The zero-order chi connectivity index (χ0) is 14.8. The predicted molar refractivity (Wildman–Crippen MR) is 78.4 cm³/mol. The predicted octanol–water partition coefficient (Wildman–Crippen LogP) is 1.95. The van der Waals surface area contributed by atoms with Gasteiger partial charge in [0.2, 0.25) is 5.91 Å². The van der Waals surface area contributed by atoms with Gasteiger partial charge in [0.1, 0.15) is 0 Å². The van der Waals surface area contributed by atoms with E-state index in [4.69, 9.17) is 4.74 Å². The van der Waals surface area contributed by atoms with Crippen LogP contribution in [0.15, 0.2) is 30.3 Å². The number of esters is 1. The molecule has 0 fully saturated rings. The summed E-state index contributed by atoms with van der Waals surface area (Å²) in [6.07, 6.45) is 1.02. The number of carbonyl (C=O) groups excluding carboxylic acids is 2. The Kier molecular flexibility index (Phi) is 7.35. The van der Waals surface area contributed by atoms with Crippen LogP contribution >= 0.6 is 0 Å². The van der Waals surface area contributed by atoms with Crippen LogP contribution in [-0.2, 0) is 14.3 Å². The lowest BCUT2D eigenvalue weighted by molar-refractivity contribution is -0.143. The average molecular weight is 278 g/mol. The molecule has 0 aliphatic rings. The number of anilines is 1. The maximum atomic E-state index is 11.9. The van der Waals surface area contributed by atoms with Gasteiger partial charge in [-0.15, -0.1) is 0 Å². The van der Waals surface area contributed by atoms with Crippen molar-refractivity contribution in [2.45, 2.75) is 32.7 Å². The summed E-state index contributed by atoms with van der Waals surface area (Å²) in [7, 11) is 0. The number of rotatable bonds is 8. The van der Waals surface area contributed by atoms with Crippen LogP contribution in [0.5, 0.6) is 0 Å². The molecule has 1 atom stereocenters. The first-order valence-corrected chi connectivity index (χ1v) is 6.88. The van der Waals surface area contributed by atoms with Gasteiger partial charge in [-0.2, -0.15) is 0 Å². The summed E-state index contributed by atoms with van der Waals surface area (Å²) < 4.78 is 4.83. The molecule has 0 spiro atoms. The molecule has 0 aromatic heterocycles. The van der Waals surface area contributed by atoms with E-state index < -0.39 is 0 Å². The monoisotopic (exact) mass is 278 g/mol. The third kappa shape index (κ3) is 6.33. The van der Waals surface area contributed by atoms with Gasteiger partial charge in [-0.05, 0) is 38.9 Å². The molecule has 0 saturated heterocycles. The Balaban J connectivity index is 2.20. The van der Waals surface area contributed by atoms with E-state index in [1.165, 1.54) is 0 Å². The lowest BCUT2D eigenvalue weighted by Crippen LogP contribution is -2.38. The van der Waals surface area contributed by atoms with Gasteiger partial charge in [0, 0.05) is 12.1 Å². The van der Waals surface area contributed by atoms with Crippen LogP contribution in [0.3, 0.4) is 0 Å². The quantitative estimate of drug-likeness (QED) is 0.563. The molecule has 110 valence electrons. The first-order chi connectivity index (χ1) is 9.63. The Morgan fingerprint density at radius 1 is 1.25 bits per heavy atom. The van der Waals surface area contributed by atoms with Crippen LogP contribution in [0.1, 0.15) is 26.7 Å². The zero-order valence-corrected chi connectivity index (χ0v) is 12.0. The largest absolute Gasteiger partial charge is 0.466 e. The molecule has 1 aromatic rings. The van der Waals surface area contributed by atoms with E-state index in [0.717, 1.165) is 5.69 Å². The molecule has 20 heavy (non-hydrogen) atoms. The number of nitrogens with one attached hydrogen (secondary N) is 2. The molecule has 2 N–H and O–H groups in total. The topological polar surface area (TPSA) is 67.4 Å². The molecule has 1 aromatic carbocycles. The Bertz CT molecular complexity index is 420.